The van der Waals surface area contributed by atoms with Crippen LogP contribution >= 0.6 is 23.2 Å². The van der Waals surface area contributed by atoms with Gasteiger partial charge < -0.3 is 20.4 Å². The zero-order valence-electron chi connectivity index (χ0n) is 18.9. The van der Waals surface area contributed by atoms with Gasteiger partial charge in [0.05, 0.1) is 33.8 Å². The molecule has 1 aromatic heterocycles. The Morgan fingerprint density at radius 1 is 1.09 bits per heavy atom. The smallest absolute Gasteiger partial charge is 0.251 e. The van der Waals surface area contributed by atoms with E-state index in [1.54, 1.807) is 31.4 Å². The topological polar surface area (TPSA) is 79.0 Å². The lowest BCUT2D eigenvalue weighted by Crippen LogP contribution is -2.62. The van der Waals surface area contributed by atoms with Crippen molar-refractivity contribution in [2.75, 3.05) is 7.11 Å². The van der Waals surface area contributed by atoms with Gasteiger partial charge in [-0.2, -0.15) is 0 Å². The lowest BCUT2D eigenvalue weighted by Gasteiger charge is -2.46. The normalized spacial score (nSPS) is 18.0. The second-order valence-corrected chi connectivity index (χ2v) is 10.6. The van der Waals surface area contributed by atoms with Crippen molar-refractivity contribution in [3.8, 4) is 17.1 Å². The number of carbonyl (C=O) groups is 1. The van der Waals surface area contributed by atoms with Crippen molar-refractivity contribution in [3.05, 3.63) is 45.9 Å². The third kappa shape index (κ3) is 4.72. The molecule has 0 spiro atoms. The van der Waals surface area contributed by atoms with Gasteiger partial charge in [0.1, 0.15) is 11.6 Å². The summed E-state index contributed by atoms with van der Waals surface area (Å²) in [5, 5.41) is 7.74. The molecular formula is C24H28Cl2N4O2. The molecule has 2 heterocycles. The first-order valence-corrected chi connectivity index (χ1v) is 11.4. The molecule has 0 bridgehead atoms. The molecule has 1 amide bonds. The number of amides is 1. The van der Waals surface area contributed by atoms with Gasteiger partial charge in [0.2, 0.25) is 0 Å². The number of carbonyl (C=O) groups excluding carboxylic acids is 1. The van der Waals surface area contributed by atoms with E-state index in [4.69, 9.17) is 27.9 Å². The van der Waals surface area contributed by atoms with Crippen LogP contribution in [0.25, 0.3) is 22.4 Å². The number of H-pyrrole nitrogens is 1. The molecule has 32 heavy (non-hydrogen) atoms. The van der Waals surface area contributed by atoms with E-state index in [1.807, 2.05) is 6.07 Å². The van der Waals surface area contributed by atoms with Gasteiger partial charge in [-0.25, -0.2) is 4.98 Å². The Morgan fingerprint density at radius 2 is 1.75 bits per heavy atom. The van der Waals surface area contributed by atoms with Crippen molar-refractivity contribution in [1.82, 2.24) is 20.6 Å². The van der Waals surface area contributed by atoms with Gasteiger partial charge in [-0.3, -0.25) is 4.79 Å². The molecule has 0 saturated carbocycles. The molecule has 2 aromatic carbocycles. The number of halogens is 2. The number of imidazole rings is 1. The zero-order chi connectivity index (χ0) is 23.3. The summed E-state index contributed by atoms with van der Waals surface area (Å²) >= 11 is 12.2. The number of nitrogens with zero attached hydrogens (tertiary/aromatic N) is 1. The summed E-state index contributed by atoms with van der Waals surface area (Å²) < 4.78 is 5.59. The van der Waals surface area contributed by atoms with E-state index in [9.17, 15) is 4.79 Å². The molecule has 0 unspecified atom stereocenters. The standard InChI is InChI=1S/C24H28Cl2N4O2/c1-23(2)11-14(12-24(3,4)30-23)27-22(31)13-6-7-15(20(8-13)32-5)21-28-18-9-16(25)17(26)10-19(18)29-21/h6-10,14,30H,11-12H2,1-5H3,(H,27,31)(H,28,29). The van der Waals surface area contributed by atoms with Gasteiger partial charge in [0.25, 0.3) is 5.91 Å². The Balaban J connectivity index is 1.59. The molecule has 170 valence electrons. The average Bonchev–Trinajstić information content (AvgIpc) is 3.07. The fourth-order valence-corrected chi connectivity index (χ4v) is 5.18. The minimum atomic E-state index is -0.114. The molecule has 1 aliphatic heterocycles. The summed E-state index contributed by atoms with van der Waals surface area (Å²) in [6, 6.07) is 8.92. The third-order valence-electron chi connectivity index (χ3n) is 5.77. The predicted molar refractivity (Wildman–Crippen MR) is 130 cm³/mol. The summed E-state index contributed by atoms with van der Waals surface area (Å²) in [7, 11) is 1.58. The number of hydrogen-bond acceptors (Lipinski definition) is 4. The summed E-state index contributed by atoms with van der Waals surface area (Å²) in [5.41, 5.74) is 2.67. The number of methoxy groups -OCH3 is 1. The van der Waals surface area contributed by atoms with Crippen LogP contribution in [0.1, 0.15) is 50.9 Å². The van der Waals surface area contributed by atoms with Gasteiger partial charge >= 0.3 is 0 Å². The number of piperidine rings is 1. The first kappa shape index (κ1) is 22.9. The summed E-state index contributed by atoms with van der Waals surface area (Å²) in [6.45, 7) is 8.66. The number of ether oxygens (including phenoxy) is 1. The van der Waals surface area contributed by atoms with Crippen molar-refractivity contribution >= 4 is 40.1 Å². The SMILES string of the molecule is COc1cc(C(=O)NC2CC(C)(C)NC(C)(C)C2)ccc1-c1nc2cc(Cl)c(Cl)cc2[nH]1. The minimum absolute atomic E-state index is 0.0473. The van der Waals surface area contributed by atoms with Crippen molar-refractivity contribution in [2.45, 2.75) is 57.7 Å². The van der Waals surface area contributed by atoms with Gasteiger partial charge in [-0.1, -0.05) is 23.2 Å². The minimum Gasteiger partial charge on any atom is -0.496 e. The second-order valence-electron chi connectivity index (χ2n) is 9.76. The van der Waals surface area contributed by atoms with Crippen LogP contribution in [0.5, 0.6) is 5.75 Å². The first-order chi connectivity index (χ1) is 15.0. The van der Waals surface area contributed by atoms with Crippen molar-refractivity contribution in [1.29, 1.82) is 0 Å². The Hall–Kier alpha value is -2.28. The lowest BCUT2D eigenvalue weighted by atomic mass is 9.79. The maximum Gasteiger partial charge on any atom is 0.251 e. The van der Waals surface area contributed by atoms with Gasteiger partial charge in [-0.05, 0) is 70.9 Å². The average molecular weight is 475 g/mol. The van der Waals surface area contributed by atoms with Crippen LogP contribution < -0.4 is 15.4 Å². The van der Waals surface area contributed by atoms with E-state index >= 15 is 0 Å². The van der Waals surface area contributed by atoms with Crippen LogP contribution in [0.3, 0.4) is 0 Å². The molecule has 1 aliphatic rings. The third-order valence-corrected chi connectivity index (χ3v) is 6.49. The first-order valence-electron chi connectivity index (χ1n) is 10.6. The molecular weight excluding hydrogens is 447 g/mol. The van der Waals surface area contributed by atoms with Crippen LogP contribution in [0.4, 0.5) is 0 Å². The van der Waals surface area contributed by atoms with E-state index in [0.29, 0.717) is 32.7 Å². The number of rotatable bonds is 4. The van der Waals surface area contributed by atoms with E-state index in [1.165, 1.54) is 0 Å². The molecule has 0 atom stereocenters. The largest absolute Gasteiger partial charge is 0.496 e. The Labute approximate surface area is 198 Å². The highest BCUT2D eigenvalue weighted by Crippen LogP contribution is 2.33. The van der Waals surface area contributed by atoms with Crippen LogP contribution in [-0.4, -0.2) is 40.1 Å². The summed E-state index contributed by atoms with van der Waals surface area (Å²) in [4.78, 5) is 20.9. The predicted octanol–water partition coefficient (Wildman–Crippen LogP) is 5.58. The molecule has 4 rings (SSSR count). The lowest BCUT2D eigenvalue weighted by molar-refractivity contribution is 0.0873. The van der Waals surface area contributed by atoms with Crippen LogP contribution in [0.15, 0.2) is 30.3 Å². The molecule has 1 saturated heterocycles. The monoisotopic (exact) mass is 474 g/mol. The van der Waals surface area contributed by atoms with E-state index in [2.05, 4.69) is 48.3 Å². The molecule has 1 fully saturated rings. The summed E-state index contributed by atoms with van der Waals surface area (Å²) in [6.07, 6.45) is 1.73. The van der Waals surface area contributed by atoms with Crippen molar-refractivity contribution < 1.29 is 9.53 Å². The maximum atomic E-state index is 13.0. The number of aromatic amines is 1. The number of aromatic nitrogens is 2. The van der Waals surface area contributed by atoms with E-state index in [-0.39, 0.29) is 23.0 Å². The highest BCUT2D eigenvalue weighted by atomic mass is 35.5. The fraction of sp³-hybridized carbons (Fsp3) is 0.417. The van der Waals surface area contributed by atoms with Gasteiger partial charge in [0.15, 0.2) is 0 Å². The second kappa shape index (κ2) is 8.25. The fourth-order valence-electron chi connectivity index (χ4n) is 4.85. The zero-order valence-corrected chi connectivity index (χ0v) is 20.4. The molecule has 3 aromatic rings. The van der Waals surface area contributed by atoms with Gasteiger partial charge in [-0.15, -0.1) is 0 Å². The molecule has 0 aliphatic carbocycles. The number of fused-ring (bicyclic) bond motifs is 1. The molecule has 3 N–H and O–H groups in total. The highest BCUT2D eigenvalue weighted by Gasteiger charge is 2.38. The summed E-state index contributed by atoms with van der Waals surface area (Å²) in [5.74, 6) is 1.06. The molecule has 8 heteroatoms. The maximum absolute atomic E-state index is 13.0. The molecule has 0 radical (unpaired) electrons. The Kier molecular flexibility index (Phi) is 5.90. The van der Waals surface area contributed by atoms with Crippen molar-refractivity contribution in [2.24, 2.45) is 0 Å². The number of benzene rings is 2. The number of nitrogens with one attached hydrogen (secondary N) is 3. The van der Waals surface area contributed by atoms with Crippen LogP contribution in [0.2, 0.25) is 10.0 Å². The Morgan fingerprint density at radius 3 is 2.41 bits per heavy atom. The van der Waals surface area contributed by atoms with E-state index in [0.717, 1.165) is 23.9 Å². The quantitative estimate of drug-likeness (QED) is 0.460. The molecule has 6 nitrogen and oxygen atoms in total. The highest BCUT2D eigenvalue weighted by molar-refractivity contribution is 6.42. The van der Waals surface area contributed by atoms with Crippen molar-refractivity contribution in [3.63, 3.8) is 0 Å². The van der Waals surface area contributed by atoms with Crippen LogP contribution in [0, 0.1) is 0 Å². The number of hydrogen-bond donors (Lipinski definition) is 3. The van der Waals surface area contributed by atoms with Gasteiger partial charge in [0, 0.05) is 22.7 Å². The Bertz CT molecular complexity index is 1130. The van der Waals surface area contributed by atoms with E-state index < -0.39 is 0 Å². The van der Waals surface area contributed by atoms with Crippen LogP contribution in [-0.2, 0) is 0 Å².